The third-order valence-corrected chi connectivity index (χ3v) is 4.26. The molecule has 3 N–H and O–H groups in total. The Labute approximate surface area is 91.3 Å². The van der Waals surface area contributed by atoms with Gasteiger partial charge in [0.15, 0.2) is 0 Å². The van der Waals surface area contributed by atoms with Gasteiger partial charge < -0.3 is 5.73 Å². The van der Waals surface area contributed by atoms with Crippen LogP contribution in [0, 0.1) is 0 Å². The lowest BCUT2D eigenvalue weighted by Crippen LogP contribution is -2.56. The van der Waals surface area contributed by atoms with Crippen LogP contribution in [0.3, 0.4) is 0 Å². The predicted octanol–water partition coefficient (Wildman–Crippen LogP) is 0.771. The smallest absolute Gasteiger partial charge is 0.212 e. The van der Waals surface area contributed by atoms with Crippen molar-refractivity contribution in [1.82, 2.24) is 4.72 Å². The Balaban J connectivity index is 4.96. The van der Waals surface area contributed by atoms with E-state index in [9.17, 15) is 8.42 Å². The van der Waals surface area contributed by atoms with Crippen LogP contribution in [0.1, 0.15) is 33.6 Å². The van der Waals surface area contributed by atoms with E-state index in [0.717, 1.165) is 0 Å². The standard InChI is InChI=1S/C8H18N2O2S2/c1-4-8(5-2,7(9)13)10-14(11,12)6-3/h10H,4-6H2,1-3H3,(H2,9,13). The van der Waals surface area contributed by atoms with Gasteiger partial charge in [-0.15, -0.1) is 0 Å². The van der Waals surface area contributed by atoms with Gasteiger partial charge >= 0.3 is 0 Å². The van der Waals surface area contributed by atoms with E-state index in [1.165, 1.54) is 0 Å². The quantitative estimate of drug-likeness (QED) is 0.671. The molecule has 0 atom stereocenters. The summed E-state index contributed by atoms with van der Waals surface area (Å²) in [6.07, 6.45) is 1.14. The summed E-state index contributed by atoms with van der Waals surface area (Å²) in [4.78, 5) is 0.208. The van der Waals surface area contributed by atoms with Crippen molar-refractivity contribution in [3.05, 3.63) is 0 Å². The maximum Gasteiger partial charge on any atom is 0.212 e. The van der Waals surface area contributed by atoms with E-state index in [-0.39, 0.29) is 10.7 Å². The molecule has 0 rings (SSSR count). The Morgan fingerprint density at radius 3 is 2.00 bits per heavy atom. The molecule has 0 bridgehead atoms. The number of hydrogen-bond acceptors (Lipinski definition) is 3. The molecule has 4 nitrogen and oxygen atoms in total. The topological polar surface area (TPSA) is 72.2 Å². The molecular formula is C8H18N2O2S2. The van der Waals surface area contributed by atoms with Crippen LogP contribution < -0.4 is 10.5 Å². The van der Waals surface area contributed by atoms with Gasteiger partial charge in [0, 0.05) is 0 Å². The Bertz CT molecular complexity index is 294. The lowest BCUT2D eigenvalue weighted by Gasteiger charge is -2.30. The van der Waals surface area contributed by atoms with E-state index in [1.807, 2.05) is 13.8 Å². The van der Waals surface area contributed by atoms with Crippen molar-refractivity contribution in [3.8, 4) is 0 Å². The van der Waals surface area contributed by atoms with Crippen molar-refractivity contribution in [1.29, 1.82) is 0 Å². The fourth-order valence-electron chi connectivity index (χ4n) is 1.16. The fraction of sp³-hybridized carbons (Fsp3) is 0.875. The highest BCUT2D eigenvalue weighted by atomic mass is 32.2. The van der Waals surface area contributed by atoms with Crippen LogP contribution in [-0.4, -0.2) is 24.7 Å². The monoisotopic (exact) mass is 238 g/mol. The second-order valence-corrected chi connectivity index (χ2v) is 5.61. The first-order valence-corrected chi connectivity index (χ1v) is 6.71. The van der Waals surface area contributed by atoms with Crippen LogP contribution in [-0.2, 0) is 10.0 Å². The van der Waals surface area contributed by atoms with Gasteiger partial charge in [-0.05, 0) is 19.8 Å². The molecule has 0 heterocycles. The molecule has 84 valence electrons. The summed E-state index contributed by atoms with van der Waals surface area (Å²) in [5.74, 6) is 0.0391. The van der Waals surface area contributed by atoms with Crippen molar-refractivity contribution in [2.75, 3.05) is 5.75 Å². The molecule has 0 fully saturated rings. The van der Waals surface area contributed by atoms with Gasteiger partial charge in [-0.3, -0.25) is 0 Å². The summed E-state index contributed by atoms with van der Waals surface area (Å²) in [7, 11) is -3.26. The van der Waals surface area contributed by atoms with Gasteiger partial charge in [-0.2, -0.15) is 0 Å². The normalized spacial score (nSPS) is 12.8. The lowest BCUT2D eigenvalue weighted by molar-refractivity contribution is 0.466. The zero-order chi connectivity index (χ0) is 11.4. The van der Waals surface area contributed by atoms with Gasteiger partial charge in [0.1, 0.15) is 0 Å². The highest BCUT2D eigenvalue weighted by Gasteiger charge is 2.33. The fourth-order valence-corrected chi connectivity index (χ4v) is 2.71. The van der Waals surface area contributed by atoms with Crippen LogP contribution in [0.15, 0.2) is 0 Å². The van der Waals surface area contributed by atoms with E-state index < -0.39 is 15.6 Å². The number of nitrogens with two attached hydrogens (primary N) is 1. The summed E-state index contributed by atoms with van der Waals surface area (Å²) in [6, 6.07) is 0. The number of nitrogens with one attached hydrogen (secondary N) is 1. The minimum absolute atomic E-state index is 0.0391. The van der Waals surface area contributed by atoms with E-state index in [4.69, 9.17) is 18.0 Å². The van der Waals surface area contributed by atoms with Crippen LogP contribution >= 0.6 is 12.2 Å². The lowest BCUT2D eigenvalue weighted by atomic mass is 9.94. The number of hydrogen-bond donors (Lipinski definition) is 2. The highest BCUT2D eigenvalue weighted by molar-refractivity contribution is 7.89. The molecule has 0 unspecified atom stereocenters. The minimum atomic E-state index is -3.26. The minimum Gasteiger partial charge on any atom is -0.392 e. The van der Waals surface area contributed by atoms with Gasteiger partial charge in [0.05, 0.1) is 16.3 Å². The van der Waals surface area contributed by atoms with Crippen LogP contribution in [0.2, 0.25) is 0 Å². The summed E-state index contributed by atoms with van der Waals surface area (Å²) in [5, 5.41) is 0. The molecular weight excluding hydrogens is 220 g/mol. The zero-order valence-corrected chi connectivity index (χ0v) is 10.5. The molecule has 0 amide bonds. The predicted molar refractivity (Wildman–Crippen MR) is 62.7 cm³/mol. The molecule has 0 aliphatic heterocycles. The summed E-state index contributed by atoms with van der Waals surface area (Å²) in [6.45, 7) is 5.31. The van der Waals surface area contributed by atoms with E-state index in [2.05, 4.69) is 4.72 Å². The number of sulfonamides is 1. The average Bonchev–Trinajstić information content (AvgIpc) is 2.14. The molecule has 0 saturated heterocycles. The third-order valence-electron chi connectivity index (χ3n) is 2.41. The number of thiocarbonyl (C=S) groups is 1. The Morgan fingerprint density at radius 1 is 1.36 bits per heavy atom. The third kappa shape index (κ3) is 3.18. The molecule has 0 aromatic carbocycles. The maximum absolute atomic E-state index is 11.4. The van der Waals surface area contributed by atoms with Crippen molar-refractivity contribution < 1.29 is 8.42 Å². The first-order valence-electron chi connectivity index (χ1n) is 4.65. The van der Waals surface area contributed by atoms with Crippen molar-refractivity contribution in [2.24, 2.45) is 5.73 Å². The largest absolute Gasteiger partial charge is 0.392 e. The molecule has 0 aromatic heterocycles. The van der Waals surface area contributed by atoms with E-state index in [1.54, 1.807) is 6.92 Å². The highest BCUT2D eigenvalue weighted by Crippen LogP contribution is 2.16. The SMILES string of the molecule is CCC(CC)(NS(=O)(=O)CC)C(N)=S. The van der Waals surface area contributed by atoms with Gasteiger partial charge in [-0.1, -0.05) is 26.1 Å². The van der Waals surface area contributed by atoms with Crippen LogP contribution in [0.4, 0.5) is 0 Å². The molecule has 0 spiro atoms. The van der Waals surface area contributed by atoms with Crippen LogP contribution in [0.5, 0.6) is 0 Å². The van der Waals surface area contributed by atoms with Gasteiger partial charge in [0.2, 0.25) is 10.0 Å². The maximum atomic E-state index is 11.4. The van der Waals surface area contributed by atoms with Crippen LogP contribution in [0.25, 0.3) is 0 Å². The zero-order valence-electron chi connectivity index (χ0n) is 8.83. The van der Waals surface area contributed by atoms with Crippen molar-refractivity contribution >= 4 is 27.2 Å². The number of rotatable bonds is 6. The first-order chi connectivity index (χ1) is 6.33. The molecule has 0 aromatic rings. The van der Waals surface area contributed by atoms with Gasteiger partial charge in [-0.25, -0.2) is 13.1 Å². The second-order valence-electron chi connectivity index (χ2n) is 3.16. The van der Waals surface area contributed by atoms with E-state index >= 15 is 0 Å². The second kappa shape index (κ2) is 5.04. The molecule has 0 aliphatic rings. The van der Waals surface area contributed by atoms with Crippen molar-refractivity contribution in [3.63, 3.8) is 0 Å². The average molecular weight is 238 g/mol. The Hall–Kier alpha value is -0.200. The summed E-state index contributed by atoms with van der Waals surface area (Å²) < 4.78 is 25.4. The first kappa shape index (κ1) is 13.8. The Morgan fingerprint density at radius 2 is 1.79 bits per heavy atom. The van der Waals surface area contributed by atoms with Gasteiger partial charge in [0.25, 0.3) is 0 Å². The molecule has 14 heavy (non-hydrogen) atoms. The van der Waals surface area contributed by atoms with Crippen molar-refractivity contribution in [2.45, 2.75) is 39.2 Å². The van der Waals surface area contributed by atoms with E-state index in [0.29, 0.717) is 12.8 Å². The molecule has 0 radical (unpaired) electrons. The molecule has 0 aliphatic carbocycles. The molecule has 6 heteroatoms. The summed E-state index contributed by atoms with van der Waals surface area (Å²) in [5.41, 5.74) is 4.80. The summed E-state index contributed by atoms with van der Waals surface area (Å²) >= 11 is 4.89. The molecule has 0 saturated carbocycles. The Kier molecular flexibility index (Phi) is 4.97.